The first-order valence-electron chi connectivity index (χ1n) is 5.90. The minimum absolute atomic E-state index is 0.0772. The van der Waals surface area contributed by atoms with Gasteiger partial charge >= 0.3 is 0 Å². The van der Waals surface area contributed by atoms with Crippen molar-refractivity contribution in [3.8, 4) is 0 Å². The molecule has 0 aromatic carbocycles. The van der Waals surface area contributed by atoms with Crippen LogP contribution in [0.1, 0.15) is 20.8 Å². The lowest BCUT2D eigenvalue weighted by Gasteiger charge is -2.37. The van der Waals surface area contributed by atoms with Gasteiger partial charge in [-0.15, -0.1) is 0 Å². The van der Waals surface area contributed by atoms with Crippen LogP contribution in [0, 0.1) is 0 Å². The van der Waals surface area contributed by atoms with E-state index in [2.05, 4.69) is 33.9 Å². The van der Waals surface area contributed by atoms with Gasteiger partial charge in [-0.3, -0.25) is 0 Å². The molecule has 1 saturated heterocycles. The van der Waals surface area contributed by atoms with E-state index in [1.807, 2.05) is 0 Å². The van der Waals surface area contributed by atoms with Crippen molar-refractivity contribution in [3.63, 3.8) is 0 Å². The van der Waals surface area contributed by atoms with E-state index in [1.165, 1.54) is 0 Å². The summed E-state index contributed by atoms with van der Waals surface area (Å²) < 4.78 is 10.9. The van der Waals surface area contributed by atoms with Gasteiger partial charge in [-0.25, -0.2) is 0 Å². The van der Waals surface area contributed by atoms with Crippen LogP contribution in [-0.4, -0.2) is 54.8 Å². The Kier molecular flexibility index (Phi) is 4.39. The molecule has 0 spiro atoms. The molecule has 0 aromatic rings. The first-order valence-corrected chi connectivity index (χ1v) is 8.81. The molecule has 0 saturated carbocycles. The highest BCUT2D eigenvalue weighted by Gasteiger charge is 2.44. The smallest absolute Gasteiger partial charge is 0.192 e. The second-order valence-corrected chi connectivity index (χ2v) is 10.9. The Morgan fingerprint density at radius 2 is 1.65 bits per heavy atom. The van der Waals surface area contributed by atoms with Gasteiger partial charge in [0.25, 0.3) is 0 Å². The molecule has 1 aliphatic rings. The molecule has 1 aliphatic heterocycles. The van der Waals surface area contributed by atoms with Crippen LogP contribution in [0.15, 0.2) is 0 Å². The predicted octanol–water partition coefficient (Wildman–Crippen LogP) is 0.447. The highest BCUT2D eigenvalue weighted by atomic mass is 28.4. The summed E-state index contributed by atoms with van der Waals surface area (Å²) in [6, 6.07) is 0. The number of aliphatic hydroxyl groups is 3. The van der Waals surface area contributed by atoms with E-state index in [-0.39, 0.29) is 11.6 Å². The molecule has 0 aromatic heterocycles. The summed E-state index contributed by atoms with van der Waals surface area (Å²) in [5, 5.41) is 28.3. The van der Waals surface area contributed by atoms with Gasteiger partial charge in [0.2, 0.25) is 0 Å². The summed E-state index contributed by atoms with van der Waals surface area (Å²) in [5.74, 6) is 0. The lowest BCUT2D eigenvalue weighted by molar-refractivity contribution is -0.132. The van der Waals surface area contributed by atoms with Crippen LogP contribution in [0.2, 0.25) is 18.1 Å². The molecule has 0 radical (unpaired) electrons. The Bertz CT molecular complexity index is 263. The molecular formula is C11H24O5Si. The van der Waals surface area contributed by atoms with Crippen molar-refractivity contribution in [1.29, 1.82) is 0 Å². The Balaban J connectivity index is 2.53. The lowest BCUT2D eigenvalue weighted by atomic mass is 10.1. The highest BCUT2D eigenvalue weighted by Crippen LogP contribution is 2.37. The summed E-state index contributed by atoms with van der Waals surface area (Å²) in [7, 11) is -1.90. The maximum atomic E-state index is 9.63. The van der Waals surface area contributed by atoms with Gasteiger partial charge in [0.1, 0.15) is 18.3 Å². The van der Waals surface area contributed by atoms with Crippen LogP contribution in [0.5, 0.6) is 0 Å². The van der Waals surface area contributed by atoms with E-state index >= 15 is 0 Å². The lowest BCUT2D eigenvalue weighted by Crippen LogP contribution is -2.44. The maximum Gasteiger partial charge on any atom is 0.192 e. The monoisotopic (exact) mass is 264 g/mol. The summed E-state index contributed by atoms with van der Waals surface area (Å²) >= 11 is 0. The SMILES string of the molecule is CC(C)(C)[Si](C)(C)OC[C@H]1O[C@@H](O)[C@H](O)[C@@H]1O. The summed E-state index contributed by atoms with van der Waals surface area (Å²) in [5.41, 5.74) is 0. The largest absolute Gasteiger partial charge is 0.414 e. The Morgan fingerprint density at radius 3 is 2.00 bits per heavy atom. The molecule has 0 bridgehead atoms. The number of hydrogen-bond acceptors (Lipinski definition) is 5. The molecule has 5 nitrogen and oxygen atoms in total. The molecule has 1 heterocycles. The molecule has 0 unspecified atom stereocenters. The molecule has 3 N–H and O–H groups in total. The topological polar surface area (TPSA) is 79.2 Å². The quantitative estimate of drug-likeness (QED) is 0.645. The van der Waals surface area contributed by atoms with Crippen LogP contribution in [0.3, 0.4) is 0 Å². The van der Waals surface area contributed by atoms with E-state index in [4.69, 9.17) is 9.16 Å². The van der Waals surface area contributed by atoms with Crippen molar-refractivity contribution in [3.05, 3.63) is 0 Å². The minimum atomic E-state index is -1.90. The number of rotatable bonds is 3. The standard InChI is InChI=1S/C11H24O5Si/c1-11(2,3)17(4,5)15-6-7-8(12)9(13)10(14)16-7/h7-10,12-14H,6H2,1-5H3/t7-,8-,9-,10-/m1/s1. The van der Waals surface area contributed by atoms with Crippen LogP contribution >= 0.6 is 0 Å². The number of hydrogen-bond donors (Lipinski definition) is 3. The Labute approximate surface area is 103 Å². The minimum Gasteiger partial charge on any atom is -0.414 e. The average Bonchev–Trinajstić information content (AvgIpc) is 2.41. The molecule has 102 valence electrons. The van der Waals surface area contributed by atoms with Crippen LogP contribution < -0.4 is 0 Å². The van der Waals surface area contributed by atoms with Crippen molar-refractivity contribution < 1.29 is 24.5 Å². The number of aliphatic hydroxyl groups excluding tert-OH is 3. The second-order valence-electron chi connectivity index (χ2n) is 6.12. The molecule has 6 heteroatoms. The fraction of sp³-hybridized carbons (Fsp3) is 1.00. The molecular weight excluding hydrogens is 240 g/mol. The van der Waals surface area contributed by atoms with Gasteiger partial charge in [0.15, 0.2) is 14.6 Å². The molecule has 1 rings (SSSR count). The van der Waals surface area contributed by atoms with Gasteiger partial charge in [0.05, 0.1) is 6.61 Å². The fourth-order valence-electron chi connectivity index (χ4n) is 1.37. The van der Waals surface area contributed by atoms with Crippen molar-refractivity contribution in [2.75, 3.05) is 6.61 Å². The van der Waals surface area contributed by atoms with Crippen molar-refractivity contribution in [2.45, 2.75) is 63.5 Å². The molecule has 1 fully saturated rings. The van der Waals surface area contributed by atoms with E-state index in [0.29, 0.717) is 0 Å². The first kappa shape index (κ1) is 15.1. The first-order chi connectivity index (χ1) is 7.56. The van der Waals surface area contributed by atoms with Gasteiger partial charge in [-0.2, -0.15) is 0 Å². The number of ether oxygens (including phenoxy) is 1. The zero-order valence-corrected chi connectivity index (χ0v) is 12.2. The second kappa shape index (κ2) is 4.95. The molecule has 4 atom stereocenters. The van der Waals surface area contributed by atoms with Crippen LogP contribution in [-0.2, 0) is 9.16 Å². The molecule has 0 amide bonds. The third-order valence-electron chi connectivity index (χ3n) is 3.75. The van der Waals surface area contributed by atoms with Gasteiger partial charge in [0, 0.05) is 0 Å². The normalized spacial score (nSPS) is 35.3. The highest BCUT2D eigenvalue weighted by molar-refractivity contribution is 6.74. The molecule has 17 heavy (non-hydrogen) atoms. The van der Waals surface area contributed by atoms with Gasteiger partial charge in [-0.1, -0.05) is 20.8 Å². The Hall–Kier alpha value is 0.0169. The molecule has 0 aliphatic carbocycles. The van der Waals surface area contributed by atoms with E-state index in [1.54, 1.807) is 0 Å². The van der Waals surface area contributed by atoms with E-state index in [0.717, 1.165) is 0 Å². The maximum absolute atomic E-state index is 9.63. The zero-order valence-electron chi connectivity index (χ0n) is 11.2. The van der Waals surface area contributed by atoms with Gasteiger partial charge in [-0.05, 0) is 18.1 Å². The average molecular weight is 264 g/mol. The van der Waals surface area contributed by atoms with E-state index < -0.39 is 32.9 Å². The third-order valence-corrected chi connectivity index (χ3v) is 8.25. The van der Waals surface area contributed by atoms with Crippen molar-refractivity contribution in [2.24, 2.45) is 0 Å². The van der Waals surface area contributed by atoms with Crippen LogP contribution in [0.25, 0.3) is 0 Å². The third kappa shape index (κ3) is 3.27. The van der Waals surface area contributed by atoms with Gasteiger partial charge < -0.3 is 24.5 Å². The van der Waals surface area contributed by atoms with Crippen molar-refractivity contribution >= 4 is 8.32 Å². The van der Waals surface area contributed by atoms with E-state index in [9.17, 15) is 15.3 Å². The summed E-state index contributed by atoms with van der Waals surface area (Å²) in [6.45, 7) is 10.8. The Morgan fingerprint density at radius 1 is 1.12 bits per heavy atom. The van der Waals surface area contributed by atoms with Crippen molar-refractivity contribution in [1.82, 2.24) is 0 Å². The van der Waals surface area contributed by atoms with Crippen LogP contribution in [0.4, 0.5) is 0 Å². The zero-order chi connectivity index (χ0) is 13.4. The fourth-order valence-corrected chi connectivity index (χ4v) is 2.39. The summed E-state index contributed by atoms with van der Waals surface area (Å²) in [6.07, 6.45) is -4.31. The summed E-state index contributed by atoms with van der Waals surface area (Å²) in [4.78, 5) is 0. The predicted molar refractivity (Wildman–Crippen MR) is 66.0 cm³/mol.